The third kappa shape index (κ3) is 4.58. The van der Waals surface area contributed by atoms with Gasteiger partial charge in [0.05, 0.1) is 19.2 Å². The van der Waals surface area contributed by atoms with Crippen molar-refractivity contribution in [3.05, 3.63) is 59.3 Å². The summed E-state index contributed by atoms with van der Waals surface area (Å²) in [5, 5.41) is 1.12. The second-order valence-corrected chi connectivity index (χ2v) is 9.42. The maximum absolute atomic E-state index is 12.8. The molecule has 8 nitrogen and oxygen atoms in total. The van der Waals surface area contributed by atoms with Gasteiger partial charge in [-0.2, -0.15) is 0 Å². The Balaban J connectivity index is 1.25. The molecule has 0 atom stereocenters. The standard InChI is InChI=1S/C27H32N4O4/c1-29-13-14-35-25-17-24(34-2)19(15-22(25)27(29)33)5-9-30-10-7-21(8-11-30)31-12-6-18-3-4-20(26(28)32)16-23(18)31/h3-4,6,12,15-17,21H,5,7-11,13-14H2,1-2H3,(H2,28,32). The Morgan fingerprint density at radius 2 is 1.94 bits per heavy atom. The van der Waals surface area contributed by atoms with E-state index >= 15 is 0 Å². The highest BCUT2D eigenvalue weighted by atomic mass is 16.5. The van der Waals surface area contributed by atoms with Crippen LogP contribution in [0.15, 0.2) is 42.6 Å². The number of methoxy groups -OCH3 is 1. The smallest absolute Gasteiger partial charge is 0.257 e. The molecule has 1 aromatic heterocycles. The lowest BCUT2D eigenvalue weighted by Gasteiger charge is -2.33. The van der Waals surface area contributed by atoms with Gasteiger partial charge in [0.15, 0.2) is 0 Å². The molecule has 0 spiro atoms. The lowest BCUT2D eigenvalue weighted by molar-refractivity contribution is 0.0796. The maximum Gasteiger partial charge on any atom is 0.257 e. The molecule has 2 amide bonds. The molecule has 184 valence electrons. The number of hydrogen-bond donors (Lipinski definition) is 1. The van der Waals surface area contributed by atoms with E-state index in [0.717, 1.165) is 61.1 Å². The Morgan fingerprint density at radius 3 is 2.69 bits per heavy atom. The number of amides is 2. The number of nitrogens with zero attached hydrogens (tertiary/aromatic N) is 3. The Hall–Kier alpha value is -3.52. The molecule has 5 rings (SSSR count). The number of benzene rings is 2. The molecule has 1 fully saturated rings. The van der Waals surface area contributed by atoms with Gasteiger partial charge in [0.1, 0.15) is 18.1 Å². The van der Waals surface area contributed by atoms with Crippen LogP contribution in [0.5, 0.6) is 11.5 Å². The zero-order valence-corrected chi connectivity index (χ0v) is 20.3. The number of piperidine rings is 1. The first-order valence-electron chi connectivity index (χ1n) is 12.2. The Bertz CT molecular complexity index is 1260. The van der Waals surface area contributed by atoms with E-state index in [1.165, 1.54) is 0 Å². The predicted molar refractivity (Wildman–Crippen MR) is 134 cm³/mol. The summed E-state index contributed by atoms with van der Waals surface area (Å²) in [5.41, 5.74) is 8.72. The van der Waals surface area contributed by atoms with Gasteiger partial charge in [-0.25, -0.2) is 0 Å². The number of carbonyl (C=O) groups is 2. The monoisotopic (exact) mass is 476 g/mol. The van der Waals surface area contributed by atoms with Gasteiger partial charge in [0.2, 0.25) is 5.91 Å². The van der Waals surface area contributed by atoms with E-state index in [4.69, 9.17) is 15.2 Å². The zero-order chi connectivity index (χ0) is 24.5. The van der Waals surface area contributed by atoms with Gasteiger partial charge in [0.25, 0.3) is 5.91 Å². The first kappa shape index (κ1) is 23.2. The summed E-state index contributed by atoms with van der Waals surface area (Å²) in [5.74, 6) is 0.947. The fourth-order valence-corrected chi connectivity index (χ4v) is 5.20. The number of nitrogens with two attached hydrogens (primary N) is 1. The summed E-state index contributed by atoms with van der Waals surface area (Å²) in [6.07, 6.45) is 4.98. The number of rotatable bonds is 6. The molecule has 2 aliphatic rings. The molecular formula is C27H32N4O4. The van der Waals surface area contributed by atoms with Gasteiger partial charge >= 0.3 is 0 Å². The largest absolute Gasteiger partial charge is 0.496 e. The number of fused-ring (bicyclic) bond motifs is 2. The summed E-state index contributed by atoms with van der Waals surface area (Å²) in [4.78, 5) is 28.6. The number of aromatic nitrogens is 1. The van der Waals surface area contributed by atoms with Crippen LogP contribution >= 0.6 is 0 Å². The second-order valence-electron chi connectivity index (χ2n) is 9.42. The summed E-state index contributed by atoms with van der Waals surface area (Å²) in [6.45, 7) is 3.91. The zero-order valence-electron chi connectivity index (χ0n) is 20.3. The maximum atomic E-state index is 12.8. The van der Waals surface area contributed by atoms with E-state index in [0.29, 0.717) is 36.1 Å². The van der Waals surface area contributed by atoms with Crippen molar-refractivity contribution in [2.24, 2.45) is 5.73 Å². The lowest BCUT2D eigenvalue weighted by Crippen LogP contribution is -2.36. The van der Waals surface area contributed by atoms with Crippen LogP contribution in [0.1, 0.15) is 45.2 Å². The number of carbonyl (C=O) groups excluding carboxylic acids is 2. The van der Waals surface area contributed by atoms with Crippen LogP contribution in [0.3, 0.4) is 0 Å². The molecule has 0 saturated carbocycles. The van der Waals surface area contributed by atoms with Crippen molar-refractivity contribution in [1.29, 1.82) is 0 Å². The van der Waals surface area contributed by atoms with Gasteiger partial charge in [0, 0.05) is 56.1 Å². The molecule has 35 heavy (non-hydrogen) atoms. The third-order valence-electron chi connectivity index (χ3n) is 7.30. The molecule has 1 saturated heterocycles. The highest BCUT2D eigenvalue weighted by Crippen LogP contribution is 2.33. The van der Waals surface area contributed by atoms with Crippen LogP contribution < -0.4 is 15.2 Å². The average Bonchev–Trinajstić information content (AvgIpc) is 3.24. The van der Waals surface area contributed by atoms with E-state index in [-0.39, 0.29) is 5.91 Å². The highest BCUT2D eigenvalue weighted by Gasteiger charge is 2.25. The van der Waals surface area contributed by atoms with Crippen molar-refractivity contribution >= 4 is 22.7 Å². The van der Waals surface area contributed by atoms with Crippen molar-refractivity contribution in [2.45, 2.75) is 25.3 Å². The molecule has 3 heterocycles. The SMILES string of the molecule is COc1cc2c(cc1CCN1CCC(n3ccc4ccc(C(N)=O)cc43)CC1)C(=O)N(C)CCO2. The van der Waals surface area contributed by atoms with Gasteiger partial charge in [-0.15, -0.1) is 0 Å². The van der Waals surface area contributed by atoms with E-state index in [9.17, 15) is 9.59 Å². The predicted octanol–water partition coefficient (Wildman–Crippen LogP) is 3.09. The van der Waals surface area contributed by atoms with Crippen molar-refractivity contribution in [3.63, 3.8) is 0 Å². The summed E-state index contributed by atoms with van der Waals surface area (Å²) in [7, 11) is 3.46. The summed E-state index contributed by atoms with van der Waals surface area (Å²) < 4.78 is 13.7. The molecule has 0 bridgehead atoms. The van der Waals surface area contributed by atoms with Crippen LogP contribution in [0.25, 0.3) is 10.9 Å². The van der Waals surface area contributed by atoms with Crippen LogP contribution in [-0.2, 0) is 6.42 Å². The Morgan fingerprint density at radius 1 is 1.14 bits per heavy atom. The average molecular weight is 477 g/mol. The van der Waals surface area contributed by atoms with Gasteiger partial charge in [-0.1, -0.05) is 6.07 Å². The van der Waals surface area contributed by atoms with Crippen LogP contribution in [0, 0.1) is 0 Å². The van der Waals surface area contributed by atoms with Gasteiger partial charge in [-0.3, -0.25) is 9.59 Å². The molecule has 0 aliphatic carbocycles. The second kappa shape index (κ2) is 9.62. The van der Waals surface area contributed by atoms with E-state index in [1.54, 1.807) is 25.1 Å². The fraction of sp³-hybridized carbons (Fsp3) is 0.407. The number of ether oxygens (including phenoxy) is 2. The minimum absolute atomic E-state index is 0.0133. The van der Waals surface area contributed by atoms with Crippen molar-refractivity contribution in [1.82, 2.24) is 14.4 Å². The number of primary amides is 1. The van der Waals surface area contributed by atoms with Gasteiger partial charge < -0.3 is 29.6 Å². The molecule has 0 radical (unpaired) electrons. The third-order valence-corrected chi connectivity index (χ3v) is 7.30. The number of likely N-dealkylation sites (tertiary alicyclic amines) is 1. The van der Waals surface area contributed by atoms with Crippen LogP contribution in [0.2, 0.25) is 0 Å². The minimum atomic E-state index is -0.400. The Kier molecular flexibility index (Phi) is 6.38. The van der Waals surface area contributed by atoms with E-state index in [1.807, 2.05) is 24.3 Å². The first-order valence-corrected chi connectivity index (χ1v) is 12.2. The number of hydrogen-bond acceptors (Lipinski definition) is 5. The van der Waals surface area contributed by atoms with Crippen molar-refractivity contribution in [2.75, 3.05) is 46.9 Å². The lowest BCUT2D eigenvalue weighted by atomic mass is 10.0. The molecule has 0 unspecified atom stereocenters. The van der Waals surface area contributed by atoms with E-state index < -0.39 is 5.91 Å². The molecule has 2 N–H and O–H groups in total. The molecule has 8 heteroatoms. The first-order chi connectivity index (χ1) is 16.9. The van der Waals surface area contributed by atoms with Crippen molar-refractivity contribution in [3.8, 4) is 11.5 Å². The van der Waals surface area contributed by atoms with Crippen molar-refractivity contribution < 1.29 is 19.1 Å². The summed E-state index contributed by atoms with van der Waals surface area (Å²) >= 11 is 0. The Labute approximate surface area is 205 Å². The minimum Gasteiger partial charge on any atom is -0.496 e. The molecule has 2 aliphatic heterocycles. The summed E-state index contributed by atoms with van der Waals surface area (Å²) in [6, 6.07) is 11.9. The highest BCUT2D eigenvalue weighted by molar-refractivity contribution is 5.98. The van der Waals surface area contributed by atoms with Crippen LogP contribution in [-0.4, -0.2) is 73.1 Å². The van der Waals surface area contributed by atoms with Crippen LogP contribution in [0.4, 0.5) is 0 Å². The molecular weight excluding hydrogens is 444 g/mol. The molecule has 2 aromatic carbocycles. The number of likely N-dealkylation sites (N-methyl/N-ethyl adjacent to an activating group) is 1. The topological polar surface area (TPSA) is 90.0 Å². The molecule has 3 aromatic rings. The van der Waals surface area contributed by atoms with E-state index in [2.05, 4.69) is 21.7 Å². The fourth-order valence-electron chi connectivity index (χ4n) is 5.20. The quantitative estimate of drug-likeness (QED) is 0.591. The normalized spacial score (nSPS) is 17.2. The van der Waals surface area contributed by atoms with Gasteiger partial charge in [-0.05, 0) is 54.5 Å².